The molecular weight excluding hydrogens is 208 g/mol. The molecule has 0 spiro atoms. The van der Waals surface area contributed by atoms with E-state index in [4.69, 9.17) is 5.73 Å². The molecule has 86 valence electrons. The van der Waals surface area contributed by atoms with Gasteiger partial charge in [-0.15, -0.1) is 0 Å². The average molecular weight is 228 g/mol. The summed E-state index contributed by atoms with van der Waals surface area (Å²) in [7, 11) is 0. The summed E-state index contributed by atoms with van der Waals surface area (Å²) in [5.74, 6) is 1.31. The first-order chi connectivity index (χ1) is 7.21. The van der Waals surface area contributed by atoms with Crippen LogP contribution in [0.4, 0.5) is 0 Å². The van der Waals surface area contributed by atoms with Crippen molar-refractivity contribution in [2.45, 2.75) is 49.3 Å². The minimum atomic E-state index is -0.528. The fraction of sp³-hybridized carbons (Fsp3) is 0.909. The zero-order valence-electron chi connectivity index (χ0n) is 9.13. The number of nitrogens with one attached hydrogen (secondary N) is 1. The van der Waals surface area contributed by atoms with Crippen LogP contribution in [0.25, 0.3) is 0 Å². The van der Waals surface area contributed by atoms with Crippen molar-refractivity contribution in [2.75, 3.05) is 12.3 Å². The number of carbonyl (C=O) groups is 1. The van der Waals surface area contributed by atoms with Gasteiger partial charge in [-0.2, -0.15) is 11.8 Å². The lowest BCUT2D eigenvalue weighted by atomic mass is 9.77. The second-order valence-corrected chi connectivity index (χ2v) is 6.12. The van der Waals surface area contributed by atoms with Crippen LogP contribution in [-0.2, 0) is 4.79 Å². The van der Waals surface area contributed by atoms with Crippen LogP contribution in [0.3, 0.4) is 0 Å². The summed E-state index contributed by atoms with van der Waals surface area (Å²) < 4.78 is 0. The summed E-state index contributed by atoms with van der Waals surface area (Å²) in [5, 5.41) is 3.63. The second-order valence-electron chi connectivity index (χ2n) is 4.71. The van der Waals surface area contributed by atoms with Gasteiger partial charge in [0.2, 0.25) is 5.91 Å². The van der Waals surface area contributed by atoms with Crippen LogP contribution < -0.4 is 11.1 Å². The van der Waals surface area contributed by atoms with E-state index in [2.05, 4.69) is 5.32 Å². The number of hydrogen-bond acceptors (Lipinski definition) is 3. The zero-order valence-corrected chi connectivity index (χ0v) is 9.94. The maximum absolute atomic E-state index is 11.7. The van der Waals surface area contributed by atoms with Crippen LogP contribution in [0.2, 0.25) is 0 Å². The van der Waals surface area contributed by atoms with Crippen LogP contribution in [0.1, 0.15) is 38.5 Å². The van der Waals surface area contributed by atoms with E-state index in [1.54, 1.807) is 0 Å². The molecule has 1 aliphatic heterocycles. The molecule has 3 N–H and O–H groups in total. The average Bonchev–Trinajstić information content (AvgIpc) is 2.24. The fourth-order valence-corrected chi connectivity index (χ4v) is 3.37. The van der Waals surface area contributed by atoms with Gasteiger partial charge < -0.3 is 11.1 Å². The molecule has 0 aromatic rings. The highest BCUT2D eigenvalue weighted by Gasteiger charge is 2.40. The minimum absolute atomic E-state index is 0.0694. The first-order valence-electron chi connectivity index (χ1n) is 5.89. The molecular formula is C11H20N2OS. The third kappa shape index (κ3) is 2.67. The highest BCUT2D eigenvalue weighted by molar-refractivity contribution is 7.99. The van der Waals surface area contributed by atoms with Crippen LogP contribution >= 0.6 is 11.8 Å². The zero-order chi connectivity index (χ0) is 10.7. The molecule has 0 radical (unpaired) electrons. The Morgan fingerprint density at radius 2 is 2.20 bits per heavy atom. The third-order valence-electron chi connectivity index (χ3n) is 3.46. The lowest BCUT2D eigenvalue weighted by Gasteiger charge is -2.36. The maximum atomic E-state index is 11.7. The smallest absolute Gasteiger partial charge is 0.240 e. The fourth-order valence-electron chi connectivity index (χ4n) is 2.14. The Bertz CT molecular complexity index is 235. The van der Waals surface area contributed by atoms with E-state index in [9.17, 15) is 4.79 Å². The van der Waals surface area contributed by atoms with E-state index in [1.165, 1.54) is 25.0 Å². The van der Waals surface area contributed by atoms with Crippen molar-refractivity contribution in [3.05, 3.63) is 0 Å². The minimum Gasteiger partial charge on any atom is -0.353 e. The Hall–Kier alpha value is -0.220. The largest absolute Gasteiger partial charge is 0.353 e. The maximum Gasteiger partial charge on any atom is 0.240 e. The van der Waals surface area contributed by atoms with Crippen LogP contribution in [0.5, 0.6) is 0 Å². The molecule has 1 aliphatic carbocycles. The van der Waals surface area contributed by atoms with Crippen LogP contribution in [0, 0.1) is 0 Å². The molecule has 3 nitrogen and oxygen atoms in total. The lowest BCUT2D eigenvalue weighted by molar-refractivity contribution is -0.129. The predicted octanol–water partition coefficient (Wildman–Crippen LogP) is 1.27. The highest BCUT2D eigenvalue weighted by Crippen LogP contribution is 2.29. The van der Waals surface area contributed by atoms with E-state index in [1.807, 2.05) is 11.8 Å². The number of hydrogen-bond donors (Lipinski definition) is 2. The number of rotatable bonds is 3. The van der Waals surface area contributed by atoms with Crippen molar-refractivity contribution in [3.8, 4) is 0 Å². The number of nitrogens with two attached hydrogens (primary N) is 1. The van der Waals surface area contributed by atoms with Gasteiger partial charge in [0, 0.05) is 11.8 Å². The van der Waals surface area contributed by atoms with E-state index in [0.29, 0.717) is 5.25 Å². The molecule has 0 aromatic carbocycles. The van der Waals surface area contributed by atoms with Crippen molar-refractivity contribution < 1.29 is 4.79 Å². The molecule has 1 atom stereocenters. The molecule has 1 saturated heterocycles. The normalized spacial score (nSPS) is 29.3. The van der Waals surface area contributed by atoms with Crippen LogP contribution in [0.15, 0.2) is 0 Å². The Kier molecular flexibility index (Phi) is 3.57. The van der Waals surface area contributed by atoms with Gasteiger partial charge in [-0.1, -0.05) is 6.42 Å². The predicted molar refractivity (Wildman–Crippen MR) is 63.9 cm³/mol. The van der Waals surface area contributed by atoms with Gasteiger partial charge in [-0.25, -0.2) is 0 Å². The van der Waals surface area contributed by atoms with Gasteiger partial charge in [0.1, 0.15) is 0 Å². The van der Waals surface area contributed by atoms with Crippen molar-refractivity contribution in [1.29, 1.82) is 0 Å². The van der Waals surface area contributed by atoms with Gasteiger partial charge in [-0.05, 0) is 37.9 Å². The Morgan fingerprint density at radius 1 is 1.40 bits per heavy atom. The molecule has 4 heteroatoms. The molecule has 2 aliphatic rings. The Balaban J connectivity index is 1.70. The Labute approximate surface area is 95.6 Å². The van der Waals surface area contributed by atoms with E-state index in [0.717, 1.165) is 25.8 Å². The number of thioether (sulfide) groups is 1. The quantitative estimate of drug-likeness (QED) is 0.765. The third-order valence-corrected chi connectivity index (χ3v) is 4.86. The van der Waals surface area contributed by atoms with Crippen molar-refractivity contribution in [3.63, 3.8) is 0 Å². The van der Waals surface area contributed by atoms with Gasteiger partial charge in [0.05, 0.1) is 5.54 Å². The molecule has 1 heterocycles. The first kappa shape index (κ1) is 11.3. The van der Waals surface area contributed by atoms with E-state index in [-0.39, 0.29) is 5.91 Å². The van der Waals surface area contributed by atoms with Gasteiger partial charge in [0.25, 0.3) is 0 Å². The molecule has 1 amide bonds. The van der Waals surface area contributed by atoms with Gasteiger partial charge >= 0.3 is 0 Å². The monoisotopic (exact) mass is 228 g/mol. The summed E-state index contributed by atoms with van der Waals surface area (Å²) in [6, 6.07) is 0. The summed E-state index contributed by atoms with van der Waals surface area (Å²) in [4.78, 5) is 11.7. The van der Waals surface area contributed by atoms with Gasteiger partial charge in [-0.3, -0.25) is 4.79 Å². The Morgan fingerprint density at radius 3 is 2.73 bits per heavy atom. The van der Waals surface area contributed by atoms with Crippen molar-refractivity contribution in [2.24, 2.45) is 5.73 Å². The van der Waals surface area contributed by atoms with E-state index >= 15 is 0 Å². The summed E-state index contributed by atoms with van der Waals surface area (Å²) in [5.41, 5.74) is 5.41. The summed E-state index contributed by atoms with van der Waals surface area (Å²) >= 11 is 1.99. The molecule has 15 heavy (non-hydrogen) atoms. The number of carbonyl (C=O) groups excluding carboxylic acids is 1. The molecule has 2 rings (SSSR count). The highest BCUT2D eigenvalue weighted by atomic mass is 32.2. The number of amides is 1. The summed E-state index contributed by atoms with van der Waals surface area (Å²) in [6.07, 6.45) is 6.69. The van der Waals surface area contributed by atoms with Crippen molar-refractivity contribution >= 4 is 17.7 Å². The second kappa shape index (κ2) is 4.74. The molecule has 1 unspecified atom stereocenters. The SMILES string of the molecule is NC1(C(=O)NCC2CCCCS2)CCC1. The van der Waals surface area contributed by atoms with Gasteiger partial charge in [0.15, 0.2) is 0 Å². The lowest BCUT2D eigenvalue weighted by Crippen LogP contribution is -2.59. The van der Waals surface area contributed by atoms with Crippen molar-refractivity contribution in [1.82, 2.24) is 5.32 Å². The molecule has 0 aromatic heterocycles. The molecule has 0 bridgehead atoms. The van der Waals surface area contributed by atoms with E-state index < -0.39 is 5.54 Å². The first-order valence-corrected chi connectivity index (χ1v) is 6.94. The standard InChI is InChI=1S/C11H20N2OS/c12-11(5-3-6-11)10(14)13-8-9-4-1-2-7-15-9/h9H,1-8,12H2,(H,13,14). The van der Waals surface area contributed by atoms with Crippen LogP contribution in [-0.4, -0.2) is 29.0 Å². The topological polar surface area (TPSA) is 55.1 Å². The summed E-state index contributed by atoms with van der Waals surface area (Å²) in [6.45, 7) is 0.808. The molecule has 1 saturated carbocycles. The molecule has 2 fully saturated rings.